The van der Waals surface area contributed by atoms with Crippen LogP contribution < -0.4 is 4.72 Å². The molecule has 54 valence electrons. The number of carbonyl (C=O) groups is 1. The summed E-state index contributed by atoms with van der Waals surface area (Å²) in [6, 6.07) is 0. The molecule has 9 heavy (non-hydrogen) atoms. The third-order valence-corrected chi connectivity index (χ3v) is 2.21. The molecular weight excluding hydrogens is 174 g/mol. The van der Waals surface area contributed by atoms with Gasteiger partial charge in [0.2, 0.25) is 5.91 Å². The average Bonchev–Trinajstić information content (AvgIpc) is 1.82. The predicted molar refractivity (Wildman–Crippen MR) is 47.1 cm³/mol. The third-order valence-electron chi connectivity index (χ3n) is 0.704. The maximum absolute atomic E-state index is 10.7. The van der Waals surface area contributed by atoms with Crippen molar-refractivity contribution in [1.29, 1.82) is 0 Å². The van der Waals surface area contributed by atoms with Crippen LogP contribution in [0.5, 0.6) is 0 Å². The van der Waals surface area contributed by atoms with Crippen molar-refractivity contribution in [3.63, 3.8) is 0 Å². The van der Waals surface area contributed by atoms with Crippen LogP contribution in [-0.4, -0.2) is 5.91 Å². The first kappa shape index (κ1) is 9.52. The van der Waals surface area contributed by atoms with E-state index in [4.69, 9.17) is 0 Å². The topological polar surface area (TPSA) is 29.1 Å². The summed E-state index contributed by atoms with van der Waals surface area (Å²) < 4.78 is 2.60. The Morgan fingerprint density at radius 3 is 2.56 bits per heavy atom. The lowest BCUT2D eigenvalue weighted by atomic mass is 10.2. The van der Waals surface area contributed by atoms with E-state index in [-0.39, 0.29) is 11.8 Å². The summed E-state index contributed by atoms with van der Waals surface area (Å²) in [4.78, 5) is 10.7. The Morgan fingerprint density at radius 2 is 2.22 bits per heavy atom. The molecule has 0 aromatic carbocycles. The van der Waals surface area contributed by atoms with Crippen LogP contribution in [0.25, 0.3) is 0 Å². The monoisotopic (exact) mass is 183 g/mol. The molecule has 0 heterocycles. The van der Waals surface area contributed by atoms with Gasteiger partial charge in [-0.2, -0.15) is 0 Å². The van der Waals surface area contributed by atoms with E-state index < -0.39 is 0 Å². The Morgan fingerprint density at radius 1 is 1.67 bits per heavy atom. The van der Waals surface area contributed by atoms with E-state index >= 15 is 0 Å². The van der Waals surface area contributed by atoms with Crippen LogP contribution in [-0.2, 0) is 4.79 Å². The average molecular weight is 183 g/mol. The fourth-order valence-electron chi connectivity index (χ4n) is 0.178. The first-order valence-corrected chi connectivity index (χ1v) is 5.65. The SMILES string of the molecule is CC(C)C(=O)NSSS. The molecule has 0 fully saturated rings. The Hall–Kier alpha value is 0.520. The summed E-state index contributed by atoms with van der Waals surface area (Å²) in [6.07, 6.45) is 0. The summed E-state index contributed by atoms with van der Waals surface area (Å²) in [7, 11) is 2.45. The molecule has 2 nitrogen and oxygen atoms in total. The van der Waals surface area contributed by atoms with Crippen LogP contribution in [0, 0.1) is 5.92 Å². The number of rotatable bonds is 3. The molecule has 0 aliphatic rings. The molecule has 0 bridgehead atoms. The van der Waals surface area contributed by atoms with Gasteiger partial charge in [-0.05, 0) is 9.83 Å². The Labute approximate surface area is 67.9 Å². The fraction of sp³-hybridized carbons (Fsp3) is 0.750. The van der Waals surface area contributed by atoms with Crippen molar-refractivity contribution in [2.75, 3.05) is 0 Å². The molecule has 5 heteroatoms. The minimum absolute atomic E-state index is 0.0431. The minimum atomic E-state index is 0.0431. The van der Waals surface area contributed by atoms with Crippen molar-refractivity contribution in [2.45, 2.75) is 13.8 Å². The van der Waals surface area contributed by atoms with Crippen molar-refractivity contribution in [1.82, 2.24) is 4.72 Å². The van der Waals surface area contributed by atoms with Gasteiger partial charge in [0.1, 0.15) is 0 Å². The highest BCUT2D eigenvalue weighted by Gasteiger charge is 2.04. The van der Waals surface area contributed by atoms with Crippen LogP contribution in [0.1, 0.15) is 13.8 Å². The van der Waals surface area contributed by atoms with Crippen LogP contribution in [0.2, 0.25) is 0 Å². The second-order valence-corrected chi connectivity index (χ2v) is 4.59. The van der Waals surface area contributed by atoms with E-state index in [9.17, 15) is 4.79 Å². The summed E-state index contributed by atoms with van der Waals surface area (Å²) in [5.74, 6) is 0.0968. The molecule has 0 rings (SSSR count). The van der Waals surface area contributed by atoms with Gasteiger partial charge in [0.25, 0.3) is 0 Å². The molecule has 0 saturated carbocycles. The summed E-state index contributed by atoms with van der Waals surface area (Å²) >= 11 is 3.83. The van der Waals surface area contributed by atoms with Crippen molar-refractivity contribution in [2.24, 2.45) is 5.92 Å². The van der Waals surface area contributed by atoms with Gasteiger partial charge in [-0.15, -0.1) is 0 Å². The second-order valence-electron chi connectivity index (χ2n) is 1.78. The quantitative estimate of drug-likeness (QED) is 0.398. The zero-order valence-electron chi connectivity index (χ0n) is 5.25. The molecule has 0 atom stereocenters. The molecule has 0 aliphatic heterocycles. The van der Waals surface area contributed by atoms with E-state index in [2.05, 4.69) is 16.4 Å². The summed E-state index contributed by atoms with van der Waals surface area (Å²) in [5.41, 5.74) is 0. The number of thiol groups is 1. The van der Waals surface area contributed by atoms with E-state index in [1.807, 2.05) is 13.8 Å². The Balaban J connectivity index is 3.28. The zero-order valence-corrected chi connectivity index (χ0v) is 7.78. The van der Waals surface area contributed by atoms with Gasteiger partial charge in [0.05, 0.1) is 0 Å². The van der Waals surface area contributed by atoms with Crippen molar-refractivity contribution >= 4 is 38.4 Å². The smallest absolute Gasteiger partial charge is 0.233 e. The predicted octanol–water partition coefficient (Wildman–Crippen LogP) is 1.90. The maximum atomic E-state index is 10.7. The van der Waals surface area contributed by atoms with Gasteiger partial charge >= 0.3 is 0 Å². The highest BCUT2D eigenvalue weighted by molar-refractivity contribution is 9.05. The lowest BCUT2D eigenvalue weighted by Crippen LogP contribution is -2.20. The standard InChI is InChI=1S/C4H9NOS3/c1-3(2)4(6)5-8-9-7/h3,7H,1-2H3,(H,5,6). The Kier molecular flexibility index (Phi) is 5.62. The molecule has 0 unspecified atom stereocenters. The first-order valence-electron chi connectivity index (χ1n) is 2.45. The number of amides is 1. The van der Waals surface area contributed by atoms with E-state index in [0.29, 0.717) is 0 Å². The van der Waals surface area contributed by atoms with Crippen LogP contribution in [0.3, 0.4) is 0 Å². The van der Waals surface area contributed by atoms with Crippen LogP contribution in [0.4, 0.5) is 0 Å². The molecule has 0 saturated heterocycles. The number of hydrogen-bond acceptors (Lipinski definition) is 4. The molecular formula is C4H9NOS3. The molecule has 0 radical (unpaired) electrons. The van der Waals surface area contributed by atoms with Gasteiger partial charge < -0.3 is 0 Å². The van der Waals surface area contributed by atoms with Crippen LogP contribution >= 0.6 is 32.5 Å². The number of nitrogens with one attached hydrogen (secondary N) is 1. The molecule has 0 aromatic heterocycles. The van der Waals surface area contributed by atoms with Gasteiger partial charge in [-0.25, -0.2) is 0 Å². The Bertz CT molecular complexity index is 95.8. The highest BCUT2D eigenvalue weighted by Crippen LogP contribution is 2.20. The minimum Gasteiger partial charge on any atom is -0.290 e. The third kappa shape index (κ3) is 4.99. The van der Waals surface area contributed by atoms with Gasteiger partial charge in [-0.3, -0.25) is 9.52 Å². The lowest BCUT2D eigenvalue weighted by Gasteiger charge is -2.02. The second kappa shape index (κ2) is 5.32. The van der Waals surface area contributed by atoms with E-state index in [1.54, 1.807) is 0 Å². The highest BCUT2D eigenvalue weighted by atomic mass is 33.5. The van der Waals surface area contributed by atoms with E-state index in [1.165, 1.54) is 20.8 Å². The molecule has 0 spiro atoms. The van der Waals surface area contributed by atoms with Crippen molar-refractivity contribution in [3.8, 4) is 0 Å². The first-order chi connectivity index (χ1) is 4.18. The molecule has 1 N–H and O–H groups in total. The zero-order chi connectivity index (χ0) is 7.28. The van der Waals surface area contributed by atoms with Crippen molar-refractivity contribution in [3.05, 3.63) is 0 Å². The molecule has 0 aliphatic carbocycles. The van der Waals surface area contributed by atoms with Gasteiger partial charge in [0, 0.05) is 16.9 Å². The largest absolute Gasteiger partial charge is 0.290 e. The normalized spacial score (nSPS) is 9.78. The maximum Gasteiger partial charge on any atom is 0.233 e. The van der Waals surface area contributed by atoms with Crippen LogP contribution in [0.15, 0.2) is 0 Å². The summed E-state index contributed by atoms with van der Waals surface area (Å²) in [5, 5.41) is 0. The number of hydrogen-bond donors (Lipinski definition) is 2. The molecule has 1 amide bonds. The molecule has 0 aromatic rings. The fourth-order valence-corrected chi connectivity index (χ4v) is 1.23. The van der Waals surface area contributed by atoms with Gasteiger partial charge in [-0.1, -0.05) is 25.5 Å². The van der Waals surface area contributed by atoms with Crippen molar-refractivity contribution < 1.29 is 4.79 Å². The van der Waals surface area contributed by atoms with E-state index in [0.717, 1.165) is 0 Å². The summed E-state index contributed by atoms with van der Waals surface area (Å²) in [6.45, 7) is 3.69. The van der Waals surface area contributed by atoms with Gasteiger partial charge in [0.15, 0.2) is 0 Å². The number of carbonyl (C=O) groups excluding carboxylic acids is 1. The lowest BCUT2D eigenvalue weighted by molar-refractivity contribution is -0.121.